The molecule has 0 radical (unpaired) electrons. The van der Waals surface area contributed by atoms with E-state index in [1.165, 1.54) is 0 Å². The van der Waals surface area contributed by atoms with Crippen molar-refractivity contribution in [1.82, 2.24) is 10.2 Å². The van der Waals surface area contributed by atoms with Crippen LogP contribution in [0.3, 0.4) is 0 Å². The number of allylic oxidation sites excluding steroid dienone is 1. The van der Waals surface area contributed by atoms with Gasteiger partial charge >= 0.3 is 0 Å². The predicted molar refractivity (Wildman–Crippen MR) is 79.9 cm³/mol. The van der Waals surface area contributed by atoms with Crippen LogP contribution in [0.5, 0.6) is 5.75 Å². The smallest absolute Gasteiger partial charge is 0.246 e. The first kappa shape index (κ1) is 14.6. The lowest BCUT2D eigenvalue weighted by Crippen LogP contribution is -2.45. The van der Waals surface area contributed by atoms with Gasteiger partial charge in [-0.05, 0) is 25.0 Å². The highest BCUT2D eigenvalue weighted by Crippen LogP contribution is 2.20. The molecule has 1 aromatic rings. The van der Waals surface area contributed by atoms with Crippen LogP contribution in [-0.2, 0) is 11.2 Å². The molecule has 1 aromatic carbocycles. The van der Waals surface area contributed by atoms with Crippen molar-refractivity contribution < 1.29 is 9.53 Å². The molecule has 1 aliphatic heterocycles. The minimum Gasteiger partial charge on any atom is -0.496 e. The summed E-state index contributed by atoms with van der Waals surface area (Å²) in [5.74, 6) is 0.980. The van der Waals surface area contributed by atoms with Gasteiger partial charge in [0.1, 0.15) is 5.75 Å². The highest BCUT2D eigenvalue weighted by molar-refractivity contribution is 5.88. The Bertz CT molecular complexity index is 491. The molecule has 0 atom stereocenters. The number of hydrogen-bond donors (Lipinski definition) is 1. The SMILES string of the molecule is COc1ccccc1CC(C)=CC(=O)N1CCNCC1. The van der Waals surface area contributed by atoms with Crippen LogP contribution < -0.4 is 10.1 Å². The average Bonchev–Trinajstić information content (AvgIpc) is 2.48. The van der Waals surface area contributed by atoms with Gasteiger partial charge in [-0.3, -0.25) is 4.79 Å². The summed E-state index contributed by atoms with van der Waals surface area (Å²) in [5, 5.41) is 3.25. The number of carbonyl (C=O) groups is 1. The molecule has 0 spiro atoms. The Labute approximate surface area is 120 Å². The Morgan fingerprint density at radius 1 is 1.35 bits per heavy atom. The van der Waals surface area contributed by atoms with Crippen LogP contribution in [0.15, 0.2) is 35.9 Å². The summed E-state index contributed by atoms with van der Waals surface area (Å²) >= 11 is 0. The monoisotopic (exact) mass is 274 g/mol. The van der Waals surface area contributed by atoms with E-state index in [1.54, 1.807) is 13.2 Å². The first-order chi connectivity index (χ1) is 9.70. The summed E-state index contributed by atoms with van der Waals surface area (Å²) in [4.78, 5) is 14.0. The Kier molecular flexibility index (Phi) is 5.18. The summed E-state index contributed by atoms with van der Waals surface area (Å²) < 4.78 is 5.34. The van der Waals surface area contributed by atoms with Gasteiger partial charge in [-0.2, -0.15) is 0 Å². The molecule has 4 nitrogen and oxygen atoms in total. The molecule has 1 heterocycles. The Balaban J connectivity index is 2.01. The zero-order valence-corrected chi connectivity index (χ0v) is 12.2. The summed E-state index contributed by atoms with van der Waals surface area (Å²) in [6.45, 7) is 5.33. The Hall–Kier alpha value is -1.81. The largest absolute Gasteiger partial charge is 0.496 e. The number of ether oxygens (including phenoxy) is 1. The van der Waals surface area contributed by atoms with Gasteiger partial charge in [0, 0.05) is 32.3 Å². The topological polar surface area (TPSA) is 41.6 Å². The van der Waals surface area contributed by atoms with E-state index in [2.05, 4.69) is 5.32 Å². The molecule has 1 amide bonds. The van der Waals surface area contributed by atoms with Gasteiger partial charge in [0.15, 0.2) is 0 Å². The maximum Gasteiger partial charge on any atom is 0.246 e. The van der Waals surface area contributed by atoms with Crippen molar-refractivity contribution in [3.05, 3.63) is 41.5 Å². The van der Waals surface area contributed by atoms with E-state index < -0.39 is 0 Å². The number of para-hydroxylation sites is 1. The molecule has 4 heteroatoms. The molecular weight excluding hydrogens is 252 g/mol. The second-order valence-electron chi connectivity index (χ2n) is 5.05. The number of hydrogen-bond acceptors (Lipinski definition) is 3. The molecule has 1 saturated heterocycles. The highest BCUT2D eigenvalue weighted by atomic mass is 16.5. The van der Waals surface area contributed by atoms with Crippen LogP contribution in [-0.4, -0.2) is 44.1 Å². The molecule has 20 heavy (non-hydrogen) atoms. The van der Waals surface area contributed by atoms with Gasteiger partial charge in [0.2, 0.25) is 5.91 Å². The molecule has 0 bridgehead atoms. The van der Waals surface area contributed by atoms with Gasteiger partial charge in [-0.1, -0.05) is 23.8 Å². The van der Waals surface area contributed by atoms with Crippen molar-refractivity contribution in [3.63, 3.8) is 0 Å². The van der Waals surface area contributed by atoms with Crippen LogP contribution in [0.2, 0.25) is 0 Å². The number of methoxy groups -OCH3 is 1. The Morgan fingerprint density at radius 3 is 2.75 bits per heavy atom. The van der Waals surface area contributed by atoms with E-state index in [4.69, 9.17) is 4.74 Å². The molecule has 0 aromatic heterocycles. The minimum absolute atomic E-state index is 0.110. The van der Waals surface area contributed by atoms with E-state index >= 15 is 0 Å². The average molecular weight is 274 g/mol. The number of nitrogens with zero attached hydrogens (tertiary/aromatic N) is 1. The quantitative estimate of drug-likeness (QED) is 0.848. The van der Waals surface area contributed by atoms with Crippen molar-refractivity contribution in [3.8, 4) is 5.75 Å². The zero-order valence-electron chi connectivity index (χ0n) is 12.2. The first-order valence-corrected chi connectivity index (χ1v) is 6.99. The van der Waals surface area contributed by atoms with Crippen LogP contribution in [0.4, 0.5) is 0 Å². The van der Waals surface area contributed by atoms with E-state index in [0.717, 1.165) is 49.5 Å². The highest BCUT2D eigenvalue weighted by Gasteiger charge is 2.14. The van der Waals surface area contributed by atoms with E-state index in [1.807, 2.05) is 36.1 Å². The summed E-state index contributed by atoms with van der Waals surface area (Å²) in [6.07, 6.45) is 2.49. The third-order valence-corrected chi connectivity index (χ3v) is 3.46. The van der Waals surface area contributed by atoms with Gasteiger partial charge in [-0.25, -0.2) is 0 Å². The molecule has 1 fully saturated rings. The maximum atomic E-state index is 12.1. The molecule has 108 valence electrons. The first-order valence-electron chi connectivity index (χ1n) is 6.99. The van der Waals surface area contributed by atoms with Crippen molar-refractivity contribution in [2.45, 2.75) is 13.3 Å². The van der Waals surface area contributed by atoms with Crippen molar-refractivity contribution in [2.75, 3.05) is 33.3 Å². The fourth-order valence-electron chi connectivity index (χ4n) is 2.39. The summed E-state index contributed by atoms with van der Waals surface area (Å²) in [6, 6.07) is 7.92. The van der Waals surface area contributed by atoms with E-state index in [0.29, 0.717) is 0 Å². The lowest BCUT2D eigenvalue weighted by atomic mass is 10.0. The van der Waals surface area contributed by atoms with Crippen LogP contribution in [0.1, 0.15) is 12.5 Å². The second kappa shape index (κ2) is 7.10. The minimum atomic E-state index is 0.110. The lowest BCUT2D eigenvalue weighted by Gasteiger charge is -2.26. The van der Waals surface area contributed by atoms with Crippen molar-refractivity contribution in [1.29, 1.82) is 0 Å². The molecule has 0 unspecified atom stereocenters. The van der Waals surface area contributed by atoms with Gasteiger partial charge in [0.05, 0.1) is 7.11 Å². The third-order valence-electron chi connectivity index (χ3n) is 3.46. The Morgan fingerprint density at radius 2 is 2.05 bits per heavy atom. The fraction of sp³-hybridized carbons (Fsp3) is 0.438. The maximum absolute atomic E-state index is 12.1. The van der Waals surface area contributed by atoms with Gasteiger partial charge in [-0.15, -0.1) is 0 Å². The van der Waals surface area contributed by atoms with E-state index in [9.17, 15) is 4.79 Å². The van der Waals surface area contributed by atoms with Crippen LogP contribution in [0.25, 0.3) is 0 Å². The van der Waals surface area contributed by atoms with Crippen LogP contribution in [0, 0.1) is 0 Å². The summed E-state index contributed by atoms with van der Waals surface area (Å²) in [7, 11) is 1.67. The molecule has 1 aliphatic rings. The zero-order chi connectivity index (χ0) is 14.4. The van der Waals surface area contributed by atoms with E-state index in [-0.39, 0.29) is 5.91 Å². The molecule has 0 aliphatic carbocycles. The number of rotatable bonds is 4. The molecule has 1 N–H and O–H groups in total. The van der Waals surface area contributed by atoms with Gasteiger partial charge in [0.25, 0.3) is 0 Å². The summed E-state index contributed by atoms with van der Waals surface area (Å²) in [5.41, 5.74) is 2.16. The number of nitrogens with one attached hydrogen (secondary N) is 1. The van der Waals surface area contributed by atoms with Crippen LogP contribution >= 0.6 is 0 Å². The normalized spacial score (nSPS) is 16.1. The number of piperazine rings is 1. The lowest BCUT2D eigenvalue weighted by molar-refractivity contribution is -0.126. The fourth-order valence-corrected chi connectivity index (χ4v) is 2.39. The molecule has 0 saturated carbocycles. The number of carbonyl (C=O) groups excluding carboxylic acids is 1. The standard InChI is InChI=1S/C16H22N2O2/c1-13(11-14-5-3-4-6-15(14)20-2)12-16(19)18-9-7-17-8-10-18/h3-6,12,17H,7-11H2,1-2H3. The predicted octanol–water partition coefficient (Wildman–Crippen LogP) is 1.62. The third kappa shape index (κ3) is 3.84. The van der Waals surface area contributed by atoms with Crippen molar-refractivity contribution >= 4 is 5.91 Å². The molecular formula is C16H22N2O2. The molecule has 2 rings (SSSR count). The second-order valence-corrected chi connectivity index (χ2v) is 5.05. The number of amides is 1. The van der Waals surface area contributed by atoms with Crippen molar-refractivity contribution in [2.24, 2.45) is 0 Å². The number of benzene rings is 1. The van der Waals surface area contributed by atoms with Gasteiger partial charge < -0.3 is 15.0 Å².